The molecule has 148 valence electrons. The first kappa shape index (κ1) is 20.0. The summed E-state index contributed by atoms with van der Waals surface area (Å²) in [5, 5.41) is 40.3. The number of aryl methyl sites for hydroxylation is 2. The summed E-state index contributed by atoms with van der Waals surface area (Å²) in [6, 6.07) is 11.0. The van der Waals surface area contributed by atoms with Gasteiger partial charge in [-0.05, 0) is 61.1 Å². The number of aromatic hydroxyl groups is 2. The van der Waals surface area contributed by atoms with Gasteiger partial charge < -0.3 is 24.8 Å². The highest BCUT2D eigenvalue weighted by Gasteiger charge is 2.27. The van der Waals surface area contributed by atoms with E-state index >= 15 is 0 Å². The van der Waals surface area contributed by atoms with Crippen LogP contribution in [0.4, 0.5) is 0 Å². The molecule has 0 fully saturated rings. The third-order valence-electron chi connectivity index (χ3n) is 5.03. The Balaban J connectivity index is 2.26. The zero-order chi connectivity index (χ0) is 20.3. The van der Waals surface area contributed by atoms with E-state index in [1.807, 2.05) is 44.2 Å². The first-order valence-electron chi connectivity index (χ1n) is 9.36. The summed E-state index contributed by atoms with van der Waals surface area (Å²) in [5.41, 5.74) is 4.39. The van der Waals surface area contributed by atoms with Crippen LogP contribution in [-0.4, -0.2) is 33.6 Å². The van der Waals surface area contributed by atoms with Crippen molar-refractivity contribution in [2.24, 2.45) is 0 Å². The van der Waals surface area contributed by atoms with Crippen molar-refractivity contribution < 1.29 is 24.8 Å². The van der Waals surface area contributed by atoms with Crippen molar-refractivity contribution >= 4 is 0 Å². The zero-order valence-corrected chi connectivity index (χ0v) is 16.1. The molecule has 5 heteroatoms. The minimum atomic E-state index is -0.523. The van der Waals surface area contributed by atoms with Gasteiger partial charge in [0.1, 0.15) is 17.3 Å². The molecule has 1 aromatic heterocycles. The molecule has 2 aromatic carbocycles. The number of hydrogen-bond donors (Lipinski definition) is 4. The number of phenolic OH excluding ortho intramolecular Hbond substituents is 2. The lowest BCUT2D eigenvalue weighted by atomic mass is 9.84. The number of benzene rings is 2. The van der Waals surface area contributed by atoms with Crippen molar-refractivity contribution in [3.05, 3.63) is 81.8 Å². The highest BCUT2D eigenvalue weighted by Crippen LogP contribution is 2.43. The fourth-order valence-corrected chi connectivity index (χ4v) is 3.68. The molecule has 0 spiro atoms. The predicted molar refractivity (Wildman–Crippen MR) is 107 cm³/mol. The van der Waals surface area contributed by atoms with E-state index in [1.165, 1.54) is 0 Å². The maximum absolute atomic E-state index is 10.8. The van der Waals surface area contributed by atoms with Gasteiger partial charge in [-0.15, -0.1) is 0 Å². The average Bonchev–Trinajstić information content (AvgIpc) is 3.18. The van der Waals surface area contributed by atoms with Gasteiger partial charge in [0.15, 0.2) is 0 Å². The summed E-state index contributed by atoms with van der Waals surface area (Å²) in [7, 11) is 0. The lowest BCUT2D eigenvalue weighted by Gasteiger charge is -2.22. The van der Waals surface area contributed by atoms with E-state index in [0.717, 1.165) is 11.1 Å². The Bertz CT molecular complexity index is 883. The van der Waals surface area contributed by atoms with Crippen molar-refractivity contribution in [1.29, 1.82) is 0 Å². The predicted octanol–water partition coefficient (Wildman–Crippen LogP) is 3.56. The standard InChI is InChI=1S/C23H26O5/c1-14-10-16(5-7-24)12-18(22(14)26)21(20-4-3-9-28-20)19-13-17(6-8-25)11-15(2)23(19)27/h3-4,9-13,21,24-27H,5-8H2,1-2H3. The molecule has 3 rings (SSSR count). The molecule has 0 aliphatic carbocycles. The molecule has 4 N–H and O–H groups in total. The Labute approximate surface area is 164 Å². The fraction of sp³-hybridized carbons (Fsp3) is 0.304. The molecule has 0 atom stereocenters. The van der Waals surface area contributed by atoms with Crippen LogP contribution in [0, 0.1) is 13.8 Å². The summed E-state index contributed by atoms with van der Waals surface area (Å²) in [6.45, 7) is 3.63. The summed E-state index contributed by atoms with van der Waals surface area (Å²) in [5.74, 6) is 0.330. The molecule has 1 heterocycles. The molecule has 0 saturated heterocycles. The summed E-state index contributed by atoms with van der Waals surface area (Å²) < 4.78 is 5.67. The second-order valence-electron chi connectivity index (χ2n) is 7.10. The molecule has 5 nitrogen and oxygen atoms in total. The monoisotopic (exact) mass is 382 g/mol. The van der Waals surface area contributed by atoms with Crippen molar-refractivity contribution in [3.63, 3.8) is 0 Å². The third-order valence-corrected chi connectivity index (χ3v) is 5.03. The van der Waals surface area contributed by atoms with E-state index in [0.29, 0.717) is 40.9 Å². The number of phenols is 2. The zero-order valence-electron chi connectivity index (χ0n) is 16.1. The topological polar surface area (TPSA) is 94.1 Å². The maximum atomic E-state index is 10.8. The van der Waals surface area contributed by atoms with Gasteiger partial charge in [0, 0.05) is 24.3 Å². The van der Waals surface area contributed by atoms with Gasteiger partial charge >= 0.3 is 0 Å². The van der Waals surface area contributed by atoms with Gasteiger partial charge in [0.25, 0.3) is 0 Å². The second-order valence-corrected chi connectivity index (χ2v) is 7.10. The highest BCUT2D eigenvalue weighted by atomic mass is 16.3. The van der Waals surface area contributed by atoms with Gasteiger partial charge in [-0.25, -0.2) is 0 Å². The van der Waals surface area contributed by atoms with Crippen LogP contribution in [0.2, 0.25) is 0 Å². The molecular weight excluding hydrogens is 356 g/mol. The van der Waals surface area contributed by atoms with Crippen LogP contribution >= 0.6 is 0 Å². The minimum absolute atomic E-state index is 0.00537. The summed E-state index contributed by atoms with van der Waals surface area (Å²) >= 11 is 0. The van der Waals surface area contributed by atoms with Crippen molar-refractivity contribution in [2.45, 2.75) is 32.6 Å². The molecule has 0 radical (unpaired) electrons. The molecule has 0 bridgehead atoms. The van der Waals surface area contributed by atoms with Gasteiger partial charge in [-0.3, -0.25) is 0 Å². The molecule has 3 aromatic rings. The van der Waals surface area contributed by atoms with E-state index < -0.39 is 5.92 Å². The number of aliphatic hydroxyl groups excluding tert-OH is 2. The minimum Gasteiger partial charge on any atom is -0.507 e. The Morgan fingerprint density at radius 1 is 0.821 bits per heavy atom. The van der Waals surface area contributed by atoms with Crippen LogP contribution in [0.1, 0.15) is 45.1 Å². The van der Waals surface area contributed by atoms with Gasteiger partial charge in [0.2, 0.25) is 0 Å². The number of aliphatic hydroxyl groups is 2. The number of rotatable bonds is 7. The normalized spacial score (nSPS) is 11.3. The smallest absolute Gasteiger partial charge is 0.122 e. The van der Waals surface area contributed by atoms with E-state index in [2.05, 4.69) is 0 Å². The first-order valence-corrected chi connectivity index (χ1v) is 9.36. The molecule has 0 amide bonds. The van der Waals surface area contributed by atoms with E-state index in [1.54, 1.807) is 12.3 Å². The maximum Gasteiger partial charge on any atom is 0.122 e. The van der Waals surface area contributed by atoms with Crippen molar-refractivity contribution in [1.82, 2.24) is 0 Å². The Morgan fingerprint density at radius 3 is 1.71 bits per heavy atom. The van der Waals surface area contributed by atoms with Crippen LogP contribution in [0.3, 0.4) is 0 Å². The molecule has 28 heavy (non-hydrogen) atoms. The van der Waals surface area contributed by atoms with E-state index in [9.17, 15) is 20.4 Å². The lowest BCUT2D eigenvalue weighted by molar-refractivity contribution is 0.299. The van der Waals surface area contributed by atoms with Crippen molar-refractivity contribution in [3.8, 4) is 11.5 Å². The Morgan fingerprint density at radius 2 is 1.32 bits per heavy atom. The number of hydrogen-bond acceptors (Lipinski definition) is 5. The molecule has 0 aliphatic rings. The summed E-state index contributed by atoms with van der Waals surface area (Å²) in [4.78, 5) is 0. The van der Waals surface area contributed by atoms with Crippen molar-refractivity contribution in [2.75, 3.05) is 13.2 Å². The van der Waals surface area contributed by atoms with Gasteiger partial charge in [-0.2, -0.15) is 0 Å². The lowest BCUT2D eigenvalue weighted by Crippen LogP contribution is -2.07. The van der Waals surface area contributed by atoms with Crippen LogP contribution in [0.15, 0.2) is 47.1 Å². The van der Waals surface area contributed by atoms with E-state index in [-0.39, 0.29) is 24.7 Å². The van der Waals surface area contributed by atoms with Crippen LogP contribution in [-0.2, 0) is 12.8 Å². The second kappa shape index (κ2) is 8.50. The Kier molecular flexibility index (Phi) is 6.07. The van der Waals surface area contributed by atoms with Gasteiger partial charge in [0.05, 0.1) is 12.2 Å². The van der Waals surface area contributed by atoms with Gasteiger partial charge in [-0.1, -0.05) is 24.3 Å². The molecular formula is C23H26O5. The molecule has 0 saturated carbocycles. The van der Waals surface area contributed by atoms with Crippen LogP contribution in [0.5, 0.6) is 11.5 Å². The third kappa shape index (κ3) is 3.91. The quantitative estimate of drug-likeness (QED) is 0.501. The first-order chi connectivity index (χ1) is 13.5. The SMILES string of the molecule is Cc1cc(CCO)cc(C(c2ccco2)c2cc(CCO)cc(C)c2O)c1O. The Hall–Kier alpha value is -2.76. The largest absolute Gasteiger partial charge is 0.507 e. The average molecular weight is 382 g/mol. The van der Waals surface area contributed by atoms with Crippen LogP contribution in [0.25, 0.3) is 0 Å². The molecule has 0 aliphatic heterocycles. The molecule has 0 unspecified atom stereocenters. The van der Waals surface area contributed by atoms with E-state index in [4.69, 9.17) is 4.42 Å². The number of furan rings is 1. The van der Waals surface area contributed by atoms with Crippen LogP contribution < -0.4 is 0 Å². The summed E-state index contributed by atoms with van der Waals surface area (Å²) in [6.07, 6.45) is 2.49. The fourth-order valence-electron chi connectivity index (χ4n) is 3.68. The highest BCUT2D eigenvalue weighted by molar-refractivity contribution is 5.56.